The highest BCUT2D eigenvalue weighted by Gasteiger charge is 2.36. The first kappa shape index (κ1) is 43.4. The zero-order valence-corrected chi connectivity index (χ0v) is 39.2. The molecule has 1 aliphatic carbocycles. The average molecular weight is 836 g/mol. The van der Waals surface area contributed by atoms with Gasteiger partial charge in [0.1, 0.15) is 19.2 Å². The van der Waals surface area contributed by atoms with Crippen LogP contribution in [0.4, 0.5) is 4.39 Å². The molecule has 2 aliphatic rings. The van der Waals surface area contributed by atoms with E-state index in [-0.39, 0.29) is 31.1 Å². The van der Waals surface area contributed by atoms with Crippen molar-refractivity contribution < 1.29 is 28.1 Å². The number of halogens is 1. The van der Waals surface area contributed by atoms with E-state index in [1.165, 1.54) is 0 Å². The number of benzene rings is 2. The summed E-state index contributed by atoms with van der Waals surface area (Å²) >= 11 is 0. The quantitative estimate of drug-likeness (QED) is 0.0497. The van der Waals surface area contributed by atoms with Gasteiger partial charge < -0.3 is 28.4 Å². The molecule has 2 aromatic heterocycles. The van der Waals surface area contributed by atoms with Gasteiger partial charge in [-0.3, -0.25) is 4.79 Å². The van der Waals surface area contributed by atoms with Crippen molar-refractivity contribution in [1.82, 2.24) is 24.2 Å². The fourth-order valence-electron chi connectivity index (χ4n) is 7.12. The number of hydrogen-bond donors (Lipinski definition) is 0. The second-order valence-corrected chi connectivity index (χ2v) is 36.5. The molecule has 0 unspecified atom stereocenters. The van der Waals surface area contributed by atoms with Crippen molar-refractivity contribution in [2.75, 3.05) is 26.6 Å². The predicted octanol–water partition coefficient (Wildman–Crippen LogP) is 10.2. The summed E-state index contributed by atoms with van der Waals surface area (Å²) in [5, 5.41) is 6.12. The third kappa shape index (κ3) is 11.1. The van der Waals surface area contributed by atoms with Gasteiger partial charge in [0, 0.05) is 55.3 Å². The van der Waals surface area contributed by atoms with Crippen molar-refractivity contribution in [2.45, 2.75) is 136 Å². The van der Waals surface area contributed by atoms with Gasteiger partial charge in [0.05, 0.1) is 30.0 Å². The number of carbonyl (C=O) groups is 1. The van der Waals surface area contributed by atoms with Gasteiger partial charge in [-0.25, -0.2) is 14.1 Å². The Labute approximate surface area is 342 Å². The Morgan fingerprint density at radius 1 is 0.842 bits per heavy atom. The first-order valence-corrected chi connectivity index (χ1v) is 32.1. The van der Waals surface area contributed by atoms with Crippen LogP contribution >= 0.6 is 0 Å². The zero-order valence-electron chi connectivity index (χ0n) is 36.2. The largest absolute Gasteiger partial charge is 0.464 e. The number of fused-ring (bicyclic) bond motifs is 2. The van der Waals surface area contributed by atoms with Gasteiger partial charge in [-0.05, 0) is 78.4 Å². The van der Waals surface area contributed by atoms with Crippen LogP contribution in [0.5, 0.6) is 5.75 Å². The van der Waals surface area contributed by atoms with Crippen LogP contribution in [0.15, 0.2) is 30.3 Å². The zero-order chi connectivity index (χ0) is 41.1. The molecule has 4 aromatic rings. The average Bonchev–Trinajstić information content (AvgIpc) is 3.78. The third-order valence-electron chi connectivity index (χ3n) is 11.1. The van der Waals surface area contributed by atoms with Crippen LogP contribution in [0.3, 0.4) is 0 Å². The molecule has 312 valence electrons. The molecule has 0 spiro atoms. The van der Waals surface area contributed by atoms with Crippen molar-refractivity contribution in [3.05, 3.63) is 53.1 Å². The van der Waals surface area contributed by atoms with Crippen molar-refractivity contribution in [1.29, 1.82) is 0 Å². The van der Waals surface area contributed by atoms with Gasteiger partial charge >= 0.3 is 0 Å². The fourth-order valence-corrected chi connectivity index (χ4v) is 9.39. The minimum Gasteiger partial charge on any atom is -0.464 e. The molecule has 0 radical (unpaired) electrons. The summed E-state index contributed by atoms with van der Waals surface area (Å²) < 4.78 is 43.9. The lowest BCUT2D eigenvalue weighted by Gasteiger charge is -2.29. The highest BCUT2D eigenvalue weighted by atomic mass is 28.3. The number of ether oxygens (including phenoxy) is 4. The maximum atomic E-state index is 15.7. The number of rotatable bonds is 20. The lowest BCUT2D eigenvalue weighted by atomic mass is 9.84. The Morgan fingerprint density at radius 2 is 1.49 bits per heavy atom. The number of nitrogens with zero attached hydrogens (tertiary/aromatic N) is 5. The summed E-state index contributed by atoms with van der Waals surface area (Å²) in [6.07, 6.45) is 3.77. The summed E-state index contributed by atoms with van der Waals surface area (Å²) in [5.74, 6) is 0.881. The van der Waals surface area contributed by atoms with E-state index in [1.54, 1.807) is 12.1 Å². The summed E-state index contributed by atoms with van der Waals surface area (Å²) in [5.41, 5.74) is 6.22. The van der Waals surface area contributed by atoms with Crippen LogP contribution in [0.25, 0.3) is 33.5 Å². The van der Waals surface area contributed by atoms with Gasteiger partial charge in [-0.15, -0.1) is 0 Å². The number of hydrogen-bond acceptors (Lipinski definition) is 7. The van der Waals surface area contributed by atoms with Gasteiger partial charge in [-0.1, -0.05) is 78.3 Å². The molecule has 6 rings (SSSR count). The Kier molecular flexibility index (Phi) is 13.7. The highest BCUT2D eigenvalue weighted by Crippen LogP contribution is 2.38. The minimum absolute atomic E-state index is 0.0208. The molecule has 10 nitrogen and oxygen atoms in total. The second-order valence-electron chi connectivity index (χ2n) is 19.6. The van der Waals surface area contributed by atoms with E-state index in [9.17, 15) is 4.79 Å². The third-order valence-corrected chi connectivity index (χ3v) is 16.2. The minimum atomic E-state index is -1.31. The first-order chi connectivity index (χ1) is 26.9. The Balaban J connectivity index is 1.34. The molecule has 0 saturated heterocycles. The maximum absolute atomic E-state index is 15.7. The molecule has 57 heavy (non-hydrogen) atoms. The van der Waals surface area contributed by atoms with Crippen molar-refractivity contribution in [3.8, 4) is 28.4 Å². The van der Waals surface area contributed by atoms with Crippen LogP contribution in [0.2, 0.25) is 77.1 Å². The van der Waals surface area contributed by atoms with E-state index in [0.717, 1.165) is 87.9 Å². The molecular formula is C43H66FN5O5Si3. The van der Waals surface area contributed by atoms with Gasteiger partial charge in [0.15, 0.2) is 24.2 Å². The lowest BCUT2D eigenvalue weighted by molar-refractivity contribution is -0.138. The molecule has 1 aliphatic heterocycles. The van der Waals surface area contributed by atoms with Gasteiger partial charge in [0.25, 0.3) is 0 Å². The highest BCUT2D eigenvalue weighted by molar-refractivity contribution is 6.76. The number of aromatic nitrogens is 4. The standard InChI is InChI=1S/C43H66FN5O5Si3/c1-11-31-24-40(54-30-53-19-22-57(8,9)10)36(44)25-35(31)33-15-16-34-38(23-33)49(29-52-18-21-56(5,6)7)46-41(34)42-45-37-26-47(43(50)32-13-12-14-32)27-39(37)48(42)28-51-17-20-55(2,3)4/h15-16,23-25,32H,11-14,17-22,26-30H2,1-10H3. The van der Waals surface area contributed by atoms with Crippen LogP contribution in [-0.4, -0.2) is 81.0 Å². The molecule has 0 bridgehead atoms. The van der Waals surface area contributed by atoms with E-state index < -0.39 is 30.0 Å². The lowest BCUT2D eigenvalue weighted by Crippen LogP contribution is -2.35. The molecule has 0 atom stereocenters. The topological polar surface area (TPSA) is 92.9 Å². The molecule has 1 saturated carbocycles. The van der Waals surface area contributed by atoms with Gasteiger partial charge in [0.2, 0.25) is 5.91 Å². The van der Waals surface area contributed by atoms with E-state index in [4.69, 9.17) is 29.0 Å². The Hall–Kier alpha value is -3.15. The predicted molar refractivity (Wildman–Crippen MR) is 235 cm³/mol. The van der Waals surface area contributed by atoms with Crippen LogP contribution in [-0.2, 0) is 52.0 Å². The Morgan fingerprint density at radius 3 is 2.11 bits per heavy atom. The first-order valence-electron chi connectivity index (χ1n) is 21.0. The number of amides is 1. The van der Waals surface area contributed by atoms with E-state index in [1.807, 2.05) is 15.6 Å². The number of imidazole rings is 1. The van der Waals surface area contributed by atoms with Crippen molar-refractivity contribution in [2.24, 2.45) is 5.92 Å². The van der Waals surface area contributed by atoms with Crippen LogP contribution < -0.4 is 4.74 Å². The summed E-state index contributed by atoms with van der Waals surface area (Å²) in [6.45, 7) is 26.7. The van der Waals surface area contributed by atoms with Gasteiger partial charge in [-0.2, -0.15) is 5.10 Å². The number of aryl methyl sites for hydroxylation is 1. The van der Waals surface area contributed by atoms with E-state index in [2.05, 4.69) is 82.5 Å². The molecule has 1 fully saturated rings. The normalized spacial score (nSPS) is 15.1. The monoisotopic (exact) mass is 835 g/mol. The summed E-state index contributed by atoms with van der Waals surface area (Å²) in [6, 6.07) is 12.7. The molecule has 3 heterocycles. The maximum Gasteiger partial charge on any atom is 0.226 e. The van der Waals surface area contributed by atoms with Crippen LogP contribution in [0, 0.1) is 11.7 Å². The summed E-state index contributed by atoms with van der Waals surface area (Å²) in [7, 11) is -3.84. The molecular weight excluding hydrogens is 770 g/mol. The smallest absolute Gasteiger partial charge is 0.226 e. The van der Waals surface area contributed by atoms with E-state index >= 15 is 4.39 Å². The molecule has 0 N–H and O–H groups in total. The molecule has 14 heteroatoms. The van der Waals surface area contributed by atoms with E-state index in [0.29, 0.717) is 46.1 Å². The summed E-state index contributed by atoms with van der Waals surface area (Å²) in [4.78, 5) is 20.5. The second kappa shape index (κ2) is 18.0. The fraction of sp³-hybridized carbons (Fsp3) is 0.605. The Bertz CT molecular complexity index is 2030. The molecule has 2 aromatic carbocycles. The van der Waals surface area contributed by atoms with Crippen LogP contribution in [0.1, 0.15) is 43.1 Å². The van der Waals surface area contributed by atoms with Crippen molar-refractivity contribution >= 4 is 41.0 Å². The molecule has 1 amide bonds. The number of carbonyl (C=O) groups excluding carboxylic acids is 1. The SMILES string of the molecule is CCc1cc(OCOCC[Si](C)(C)C)c(F)cc1-c1ccc2c(-c3nc4c(n3COCC[Si](C)(C)C)CN(C(=O)C3CCC3)C4)nn(COCC[Si](C)(C)C)c2c1. The van der Waals surface area contributed by atoms with Crippen molar-refractivity contribution in [3.63, 3.8) is 0 Å².